The highest BCUT2D eigenvalue weighted by Crippen LogP contribution is 2.38. The van der Waals surface area contributed by atoms with E-state index in [4.69, 9.17) is 18.0 Å². The number of aromatic nitrogens is 1. The minimum absolute atomic E-state index is 0.102. The third-order valence-electron chi connectivity index (χ3n) is 5.20. The monoisotopic (exact) mass is 420 g/mol. The number of anilines is 1. The molecule has 0 bridgehead atoms. The first-order chi connectivity index (χ1) is 13.9. The second-order valence-corrected chi connectivity index (χ2v) is 7.37. The van der Waals surface area contributed by atoms with Gasteiger partial charge in [0.05, 0.1) is 11.2 Å². The maximum absolute atomic E-state index is 14.8. The average molecular weight is 421 g/mol. The van der Waals surface area contributed by atoms with Gasteiger partial charge in [0.1, 0.15) is 11.4 Å². The quantitative estimate of drug-likeness (QED) is 0.738. The summed E-state index contributed by atoms with van der Waals surface area (Å²) in [6, 6.07) is 2.97. The molecule has 2 aliphatic rings. The number of piperazine rings is 1. The van der Waals surface area contributed by atoms with Crippen LogP contribution >= 0.6 is 12.2 Å². The Morgan fingerprint density at radius 2 is 1.83 bits per heavy atom. The maximum atomic E-state index is 14.8. The van der Waals surface area contributed by atoms with E-state index >= 15 is 0 Å². The van der Waals surface area contributed by atoms with Gasteiger partial charge in [-0.25, -0.2) is 9.18 Å². The predicted octanol–water partition coefficient (Wildman–Crippen LogP) is 2.57. The van der Waals surface area contributed by atoms with Crippen LogP contribution in [0.4, 0.5) is 10.1 Å². The van der Waals surface area contributed by atoms with Crippen molar-refractivity contribution in [1.82, 2.24) is 9.47 Å². The molecule has 156 valence electrons. The van der Waals surface area contributed by atoms with Crippen LogP contribution in [0.2, 0.25) is 0 Å². The summed E-state index contributed by atoms with van der Waals surface area (Å²) < 4.78 is 16.6. The van der Waals surface area contributed by atoms with Gasteiger partial charge in [0, 0.05) is 43.8 Å². The Bertz CT molecular complexity index is 1010. The second kappa shape index (κ2) is 8.36. The van der Waals surface area contributed by atoms with E-state index in [1.165, 1.54) is 6.20 Å². The van der Waals surface area contributed by atoms with E-state index in [1.807, 2.05) is 23.6 Å². The molecule has 2 heterocycles. The van der Waals surface area contributed by atoms with Crippen molar-refractivity contribution >= 4 is 39.9 Å². The molecule has 9 heteroatoms. The zero-order valence-corrected chi connectivity index (χ0v) is 17.3. The highest BCUT2D eigenvalue weighted by molar-refractivity contribution is 7.80. The lowest BCUT2D eigenvalue weighted by atomic mass is 10.1. The van der Waals surface area contributed by atoms with Crippen molar-refractivity contribution in [3.8, 4) is 0 Å². The van der Waals surface area contributed by atoms with E-state index in [-0.39, 0.29) is 17.0 Å². The number of rotatable bonds is 3. The molecule has 1 saturated carbocycles. The molecule has 1 saturated heterocycles. The van der Waals surface area contributed by atoms with Crippen LogP contribution in [0.3, 0.4) is 0 Å². The largest absolute Gasteiger partial charge is 0.477 e. The van der Waals surface area contributed by atoms with Gasteiger partial charge in [0.2, 0.25) is 5.43 Å². The van der Waals surface area contributed by atoms with E-state index in [0.717, 1.165) is 18.9 Å². The Hall–Kier alpha value is -2.68. The van der Waals surface area contributed by atoms with E-state index < -0.39 is 17.2 Å². The normalized spacial score (nSPS) is 16.4. The van der Waals surface area contributed by atoms with Crippen LogP contribution < -0.4 is 16.1 Å². The highest BCUT2D eigenvalue weighted by atomic mass is 32.1. The van der Waals surface area contributed by atoms with Gasteiger partial charge in [-0.05, 0) is 37.2 Å². The molecule has 1 aliphatic carbocycles. The minimum Gasteiger partial charge on any atom is -0.477 e. The zero-order valence-electron chi connectivity index (χ0n) is 16.5. The number of thiocarbonyl (C=S) groups is 1. The summed E-state index contributed by atoms with van der Waals surface area (Å²) in [5, 5.41) is 9.74. The molecule has 1 aromatic heterocycles. The van der Waals surface area contributed by atoms with Crippen LogP contribution in [0.25, 0.3) is 10.9 Å². The molecule has 4 rings (SSSR count). The number of hydrogen-bond donors (Lipinski definition) is 2. The third kappa shape index (κ3) is 4.05. The van der Waals surface area contributed by atoms with Gasteiger partial charge in [-0.3, -0.25) is 4.79 Å². The summed E-state index contributed by atoms with van der Waals surface area (Å²) in [6.07, 6.45) is 3.21. The molecular weight excluding hydrogens is 395 g/mol. The van der Waals surface area contributed by atoms with Crippen LogP contribution in [0.5, 0.6) is 0 Å². The Morgan fingerprint density at radius 3 is 2.34 bits per heavy atom. The molecular formula is C20H25FN4O3S. The Kier molecular flexibility index (Phi) is 6.07. The van der Waals surface area contributed by atoms with Gasteiger partial charge < -0.3 is 25.2 Å². The fourth-order valence-electron chi connectivity index (χ4n) is 3.58. The molecule has 2 fully saturated rings. The van der Waals surface area contributed by atoms with E-state index in [2.05, 4.69) is 0 Å². The number of halogens is 1. The van der Waals surface area contributed by atoms with Gasteiger partial charge in [0.15, 0.2) is 5.11 Å². The molecule has 0 spiro atoms. The smallest absolute Gasteiger partial charge is 0.341 e. The van der Waals surface area contributed by atoms with E-state index in [0.29, 0.717) is 42.5 Å². The average Bonchev–Trinajstić information content (AvgIpc) is 3.55. The number of carbonyl (C=O) groups is 1. The predicted molar refractivity (Wildman–Crippen MR) is 115 cm³/mol. The van der Waals surface area contributed by atoms with Crippen LogP contribution in [-0.4, -0.2) is 51.8 Å². The standard InChI is InChI=1S/C18H19FN4O3S.C2H6/c19-13-7-11-14(8-15(13)21-3-5-22(6-4-21)18(20)27)23(10-1-2-10)9-12(16(11)24)17(25)26;1-2/h7-10H,1-6H2,(H2,20,27)(H,25,26);1-2H3. The molecule has 0 unspecified atom stereocenters. The van der Waals surface area contributed by atoms with E-state index in [1.54, 1.807) is 10.6 Å². The second-order valence-electron chi connectivity index (χ2n) is 6.95. The first kappa shape index (κ1) is 21.0. The van der Waals surface area contributed by atoms with Crippen LogP contribution in [-0.2, 0) is 0 Å². The maximum Gasteiger partial charge on any atom is 0.341 e. The van der Waals surface area contributed by atoms with Crippen molar-refractivity contribution in [1.29, 1.82) is 0 Å². The van der Waals surface area contributed by atoms with Crippen molar-refractivity contribution in [2.75, 3.05) is 31.1 Å². The van der Waals surface area contributed by atoms with Crippen molar-refractivity contribution < 1.29 is 14.3 Å². The number of carboxylic acid groups (broad SMARTS) is 1. The van der Waals surface area contributed by atoms with Crippen LogP contribution in [0.15, 0.2) is 23.1 Å². The number of nitrogens with zero attached hydrogens (tertiary/aromatic N) is 3. The zero-order chi connectivity index (χ0) is 21.3. The van der Waals surface area contributed by atoms with Gasteiger partial charge in [0.25, 0.3) is 0 Å². The van der Waals surface area contributed by atoms with Crippen molar-refractivity contribution in [3.05, 3.63) is 39.9 Å². The molecule has 29 heavy (non-hydrogen) atoms. The molecule has 1 aliphatic heterocycles. The summed E-state index contributed by atoms with van der Waals surface area (Å²) in [5.74, 6) is -1.83. The summed E-state index contributed by atoms with van der Waals surface area (Å²) in [7, 11) is 0. The molecule has 3 N–H and O–H groups in total. The molecule has 0 atom stereocenters. The first-order valence-corrected chi connectivity index (χ1v) is 10.2. The Labute approximate surface area is 173 Å². The van der Waals surface area contributed by atoms with Crippen LogP contribution in [0.1, 0.15) is 43.1 Å². The fraction of sp³-hybridized carbons (Fsp3) is 0.450. The summed E-state index contributed by atoms with van der Waals surface area (Å²) >= 11 is 4.99. The number of carboxylic acids is 1. The number of pyridine rings is 1. The lowest BCUT2D eigenvalue weighted by Crippen LogP contribution is -2.50. The molecule has 7 nitrogen and oxygen atoms in total. The summed E-state index contributed by atoms with van der Waals surface area (Å²) in [5.41, 5.74) is 5.64. The van der Waals surface area contributed by atoms with Crippen molar-refractivity contribution in [2.45, 2.75) is 32.7 Å². The lowest BCUT2D eigenvalue weighted by Gasteiger charge is -2.36. The lowest BCUT2D eigenvalue weighted by molar-refractivity contribution is 0.0695. The van der Waals surface area contributed by atoms with E-state index in [9.17, 15) is 19.1 Å². The Morgan fingerprint density at radius 1 is 1.21 bits per heavy atom. The van der Waals surface area contributed by atoms with Gasteiger partial charge in [-0.15, -0.1) is 0 Å². The van der Waals surface area contributed by atoms with Crippen molar-refractivity contribution in [3.63, 3.8) is 0 Å². The number of aromatic carboxylic acids is 1. The molecule has 0 radical (unpaired) electrons. The number of fused-ring (bicyclic) bond motifs is 1. The minimum atomic E-state index is -1.30. The summed E-state index contributed by atoms with van der Waals surface area (Å²) in [4.78, 5) is 27.7. The fourth-order valence-corrected chi connectivity index (χ4v) is 3.76. The van der Waals surface area contributed by atoms with Gasteiger partial charge in [-0.2, -0.15) is 0 Å². The number of nitrogens with two attached hydrogens (primary N) is 1. The highest BCUT2D eigenvalue weighted by Gasteiger charge is 2.28. The third-order valence-corrected chi connectivity index (χ3v) is 5.46. The number of hydrogen-bond acceptors (Lipinski definition) is 4. The molecule has 1 aromatic carbocycles. The van der Waals surface area contributed by atoms with Gasteiger partial charge >= 0.3 is 5.97 Å². The summed E-state index contributed by atoms with van der Waals surface area (Å²) in [6.45, 7) is 6.31. The Balaban J connectivity index is 0.00000117. The molecule has 2 aromatic rings. The number of benzene rings is 1. The topological polar surface area (TPSA) is 91.8 Å². The SMILES string of the molecule is CC.NC(=S)N1CCN(c2cc3c(cc2F)c(=O)c(C(=O)O)cn3C2CC2)CC1. The van der Waals surface area contributed by atoms with Gasteiger partial charge in [-0.1, -0.05) is 13.8 Å². The molecule has 0 amide bonds. The first-order valence-electron chi connectivity index (χ1n) is 9.78. The van der Waals surface area contributed by atoms with Crippen molar-refractivity contribution in [2.24, 2.45) is 5.73 Å². The van der Waals surface area contributed by atoms with Crippen LogP contribution in [0, 0.1) is 5.82 Å².